The third-order valence-electron chi connectivity index (χ3n) is 4.99. The minimum absolute atomic E-state index is 0. The first-order valence-corrected chi connectivity index (χ1v) is 21.9. The zero-order chi connectivity index (χ0) is 26.0. The van der Waals surface area contributed by atoms with Crippen LogP contribution in [0.2, 0.25) is 0 Å². The quantitative estimate of drug-likeness (QED) is 0.0578. The molecule has 0 radical (unpaired) electrons. The van der Waals surface area contributed by atoms with E-state index in [1.807, 2.05) is 0 Å². The Morgan fingerprint density at radius 3 is 1.11 bits per heavy atom. The van der Waals surface area contributed by atoms with Crippen LogP contribution in [0.4, 0.5) is 0 Å². The van der Waals surface area contributed by atoms with Gasteiger partial charge in [-0.1, -0.05) is 128 Å². The van der Waals surface area contributed by atoms with Crippen LogP contribution in [0.3, 0.4) is 0 Å². The van der Waals surface area contributed by atoms with Crippen LogP contribution in [0.25, 0.3) is 0 Å². The molecule has 0 aromatic heterocycles. The molecule has 0 aliphatic heterocycles. The number of unbranched alkanes of at least 4 members (excludes halogenated alkanes) is 12. The van der Waals surface area contributed by atoms with Crippen LogP contribution < -0.4 is 9.79 Å². The Labute approximate surface area is 249 Å². The molecule has 11 heteroatoms. The van der Waals surface area contributed by atoms with E-state index in [1.54, 1.807) is 0 Å². The van der Waals surface area contributed by atoms with E-state index in [4.69, 9.17) is 32.7 Å². The molecule has 0 aliphatic carbocycles. The number of rotatable bonds is 24. The van der Waals surface area contributed by atoms with Crippen molar-refractivity contribution in [3.63, 3.8) is 0 Å². The summed E-state index contributed by atoms with van der Waals surface area (Å²) in [7, 11) is 0. The maximum absolute atomic E-state index is 11.8. The van der Waals surface area contributed by atoms with Crippen molar-refractivity contribution in [3.05, 3.63) is 0 Å². The van der Waals surface area contributed by atoms with Crippen LogP contribution >= 0.6 is 34.2 Å². The van der Waals surface area contributed by atoms with Crippen LogP contribution in [-0.2, 0) is 52.1 Å². The first-order chi connectivity index (χ1) is 16.2. The molecule has 0 spiro atoms. The summed E-state index contributed by atoms with van der Waals surface area (Å²) in [6.07, 6.45) is 18.9. The second-order valence-electron chi connectivity index (χ2n) is 8.47. The summed E-state index contributed by atoms with van der Waals surface area (Å²) in [4.78, 5) is 23.6. The summed E-state index contributed by atoms with van der Waals surface area (Å²) in [6.45, 7) is 9.78. The number of hydrogen-bond donors (Lipinski definition) is 0. The maximum atomic E-state index is 11.8. The average molecular weight is 660 g/mol. The normalized spacial score (nSPS) is 14.3. The van der Waals surface area contributed by atoms with Crippen molar-refractivity contribution in [2.24, 2.45) is 0 Å². The van der Waals surface area contributed by atoms with Crippen molar-refractivity contribution in [1.29, 1.82) is 0 Å². The molecule has 0 aromatic rings. The van der Waals surface area contributed by atoms with E-state index in [0.29, 0.717) is 13.2 Å². The van der Waals surface area contributed by atoms with Gasteiger partial charge < -0.3 is 18.8 Å². The van der Waals surface area contributed by atoms with Crippen LogP contribution in [0, 0.1) is 0 Å². The van der Waals surface area contributed by atoms with E-state index in [9.17, 15) is 9.79 Å². The largest absolute Gasteiger partial charge is 2.00 e. The fourth-order valence-electron chi connectivity index (χ4n) is 2.83. The zero-order valence-corrected chi connectivity index (χ0v) is 31.0. The molecule has 2 unspecified atom stereocenters. The van der Waals surface area contributed by atoms with Gasteiger partial charge in [0.2, 0.25) is 0 Å². The fraction of sp³-hybridized carbons (Fsp3) is 1.00. The van der Waals surface area contributed by atoms with Gasteiger partial charge >= 0.3 is 19.5 Å². The second kappa shape index (κ2) is 31.0. The van der Waals surface area contributed by atoms with Gasteiger partial charge in [-0.05, 0) is 37.2 Å². The Balaban J connectivity index is -0.000000569. The van der Waals surface area contributed by atoms with E-state index in [-0.39, 0.29) is 19.5 Å². The Hall–Kier alpha value is 2.46. The predicted molar refractivity (Wildman–Crippen MR) is 162 cm³/mol. The minimum Gasteiger partial charge on any atom is -0.793 e. The monoisotopic (exact) mass is 658 g/mol. The van der Waals surface area contributed by atoms with Gasteiger partial charge in [0.1, 0.15) is 0 Å². The number of hydrogen-bond acceptors (Lipinski definition) is 8. The molecule has 4 nitrogen and oxygen atoms in total. The van der Waals surface area contributed by atoms with Gasteiger partial charge in [0, 0.05) is 11.4 Å². The van der Waals surface area contributed by atoms with E-state index in [2.05, 4.69) is 27.7 Å². The topological polar surface area (TPSA) is 64.6 Å². The molecule has 0 fully saturated rings. The van der Waals surface area contributed by atoms with Gasteiger partial charge in [0.15, 0.2) is 0 Å². The molecule has 2 atom stereocenters. The van der Waals surface area contributed by atoms with Crippen molar-refractivity contribution < 1.29 is 38.3 Å². The molecular weight excluding hydrogens is 608 g/mol. The molecule has 0 N–H and O–H groups in total. The summed E-state index contributed by atoms with van der Waals surface area (Å²) in [6, 6.07) is 0. The molecule has 0 amide bonds. The second-order valence-corrected chi connectivity index (χ2v) is 20.8. The maximum Gasteiger partial charge on any atom is 2.00 e. The average Bonchev–Trinajstić information content (AvgIpc) is 2.78. The summed E-state index contributed by atoms with van der Waals surface area (Å²) in [5.41, 5.74) is -5.57. The molecular formula is C24H52O4P2S4Zn. The Bertz CT molecular complexity index is 476. The summed E-state index contributed by atoms with van der Waals surface area (Å²) >= 11 is 12.6. The standard InChI is InChI=1S/2C12H27O2PS2.Zn/c2*1-3-5-7-8-9-10-11-14-15(13,16)17-12-6-4-2;/h2*3-12H2,1-2H3,(H,13,16);/q;;+2/p-2. The molecule has 0 aromatic carbocycles. The first kappa shape index (κ1) is 41.9. The Morgan fingerprint density at radius 1 is 0.514 bits per heavy atom. The smallest absolute Gasteiger partial charge is 0.793 e. The molecule has 0 bridgehead atoms. The zero-order valence-electron chi connectivity index (χ0n) is 23.0. The van der Waals surface area contributed by atoms with Crippen molar-refractivity contribution in [2.45, 2.75) is 130 Å². The Morgan fingerprint density at radius 2 is 0.800 bits per heavy atom. The SMILES string of the molecule is CCCCCCCCOP([O-])(=S)SCCCC.CCCCCCCCOP([O-])(=S)SCCCC.[Zn+2]. The molecule has 0 saturated carbocycles. The van der Waals surface area contributed by atoms with Gasteiger partial charge in [0.25, 0.3) is 0 Å². The van der Waals surface area contributed by atoms with Gasteiger partial charge in [-0.2, -0.15) is 0 Å². The molecule has 0 aliphatic rings. The van der Waals surface area contributed by atoms with Crippen molar-refractivity contribution in [1.82, 2.24) is 0 Å². The third kappa shape index (κ3) is 36.5. The van der Waals surface area contributed by atoms with Gasteiger partial charge in [-0.25, -0.2) is 0 Å². The van der Waals surface area contributed by atoms with E-state index < -0.39 is 11.4 Å². The predicted octanol–water partition coefficient (Wildman–Crippen LogP) is 8.96. The van der Waals surface area contributed by atoms with Crippen LogP contribution in [0.5, 0.6) is 0 Å². The molecule has 35 heavy (non-hydrogen) atoms. The van der Waals surface area contributed by atoms with Gasteiger partial charge in [-0.3, -0.25) is 0 Å². The molecule has 208 valence electrons. The Kier molecular flexibility index (Phi) is 37.1. The first-order valence-electron chi connectivity index (χ1n) is 13.4. The van der Waals surface area contributed by atoms with E-state index in [1.165, 1.54) is 74.1 Å². The summed E-state index contributed by atoms with van der Waals surface area (Å²) in [5, 5.41) is 0. The molecule has 0 heterocycles. The van der Waals surface area contributed by atoms with Crippen molar-refractivity contribution in [3.8, 4) is 0 Å². The van der Waals surface area contributed by atoms with Gasteiger partial charge in [0.05, 0.1) is 13.2 Å². The fourth-order valence-corrected chi connectivity index (χ4v) is 9.77. The summed E-state index contributed by atoms with van der Waals surface area (Å²) in [5.74, 6) is 1.71. The summed E-state index contributed by atoms with van der Waals surface area (Å²) < 4.78 is 10.6. The van der Waals surface area contributed by atoms with Crippen LogP contribution in [0.1, 0.15) is 130 Å². The van der Waals surface area contributed by atoms with Crippen LogP contribution in [0.15, 0.2) is 0 Å². The van der Waals surface area contributed by atoms with Crippen molar-refractivity contribution >= 4 is 57.8 Å². The van der Waals surface area contributed by atoms with Gasteiger partial charge in [-0.15, -0.1) is 22.8 Å². The molecule has 0 saturated heterocycles. The third-order valence-corrected chi connectivity index (χ3v) is 13.7. The van der Waals surface area contributed by atoms with Crippen molar-refractivity contribution in [2.75, 3.05) is 24.7 Å². The minimum atomic E-state index is -2.78. The van der Waals surface area contributed by atoms with Crippen LogP contribution in [-0.4, -0.2) is 24.7 Å². The van der Waals surface area contributed by atoms with E-state index >= 15 is 0 Å². The molecule has 0 rings (SSSR count). The van der Waals surface area contributed by atoms with E-state index in [0.717, 1.165) is 62.9 Å².